The highest BCUT2D eigenvalue weighted by Gasteiger charge is 2.27. The highest BCUT2D eigenvalue weighted by Crippen LogP contribution is 2.26. The van der Waals surface area contributed by atoms with Gasteiger partial charge in [0.05, 0.1) is 24.2 Å². The van der Waals surface area contributed by atoms with Gasteiger partial charge in [0.25, 0.3) is 10.0 Å². The van der Waals surface area contributed by atoms with Crippen LogP contribution >= 0.6 is 0 Å². The van der Waals surface area contributed by atoms with Crippen molar-refractivity contribution in [1.29, 1.82) is 0 Å². The Hall–Kier alpha value is -3.52. The van der Waals surface area contributed by atoms with Gasteiger partial charge in [0.2, 0.25) is 5.91 Å². The van der Waals surface area contributed by atoms with Crippen LogP contribution in [0, 0.1) is 13.8 Å². The van der Waals surface area contributed by atoms with E-state index in [1.165, 1.54) is 19.2 Å². The topological polar surface area (TPSA) is 84.9 Å². The van der Waals surface area contributed by atoms with Gasteiger partial charge in [-0.2, -0.15) is 0 Å². The number of carbonyl (C=O) groups excluding carboxylic acids is 1. The summed E-state index contributed by atoms with van der Waals surface area (Å²) in [5.41, 5.74) is 2.42. The molecule has 0 saturated heterocycles. The molecule has 0 fully saturated rings. The summed E-state index contributed by atoms with van der Waals surface area (Å²) in [6, 6.07) is 20.5. The molecule has 33 heavy (non-hydrogen) atoms. The average Bonchev–Trinajstić information content (AvgIpc) is 2.82. The Morgan fingerprint density at radius 3 is 2.45 bits per heavy atom. The van der Waals surface area contributed by atoms with Crippen molar-refractivity contribution < 1.29 is 22.7 Å². The Morgan fingerprint density at radius 1 is 0.970 bits per heavy atom. The lowest BCUT2D eigenvalue weighted by Gasteiger charge is -2.24. The summed E-state index contributed by atoms with van der Waals surface area (Å²) in [6.07, 6.45) is 0. The third-order valence-corrected chi connectivity index (χ3v) is 6.77. The minimum atomic E-state index is -3.97. The molecule has 0 radical (unpaired) electrons. The highest BCUT2D eigenvalue weighted by molar-refractivity contribution is 7.92. The van der Waals surface area contributed by atoms with Crippen LogP contribution in [0.5, 0.6) is 11.5 Å². The quantitative estimate of drug-likeness (QED) is 0.459. The van der Waals surface area contributed by atoms with Crippen LogP contribution in [0.2, 0.25) is 0 Å². The summed E-state index contributed by atoms with van der Waals surface area (Å²) in [7, 11) is -2.47. The van der Waals surface area contributed by atoms with E-state index in [9.17, 15) is 13.2 Å². The SMILES string of the molecule is COc1cccc(N(CC(=O)NCCOc2cc(C)ccc2C)S(=O)(=O)c2ccccc2)c1. The first-order valence-electron chi connectivity index (χ1n) is 10.5. The number of nitrogens with one attached hydrogen (secondary N) is 1. The average molecular weight is 469 g/mol. The van der Waals surface area contributed by atoms with Crippen LogP contribution in [0.4, 0.5) is 5.69 Å². The van der Waals surface area contributed by atoms with Crippen molar-refractivity contribution in [2.75, 3.05) is 31.1 Å². The molecule has 0 aliphatic heterocycles. The predicted molar refractivity (Wildman–Crippen MR) is 128 cm³/mol. The van der Waals surface area contributed by atoms with Crippen molar-refractivity contribution in [2.45, 2.75) is 18.7 Å². The molecule has 0 saturated carbocycles. The molecule has 174 valence electrons. The number of nitrogens with zero attached hydrogens (tertiary/aromatic N) is 1. The number of aryl methyl sites for hydroxylation is 2. The second kappa shape index (κ2) is 10.9. The van der Waals surface area contributed by atoms with E-state index in [-0.39, 0.29) is 24.6 Å². The number of ether oxygens (including phenoxy) is 2. The molecule has 0 unspecified atom stereocenters. The normalized spacial score (nSPS) is 11.0. The van der Waals surface area contributed by atoms with Gasteiger partial charge in [0.1, 0.15) is 24.7 Å². The summed E-state index contributed by atoms with van der Waals surface area (Å²) >= 11 is 0. The van der Waals surface area contributed by atoms with E-state index < -0.39 is 15.9 Å². The lowest BCUT2D eigenvalue weighted by Crippen LogP contribution is -2.41. The lowest BCUT2D eigenvalue weighted by atomic mass is 10.1. The standard InChI is InChI=1S/C25H28N2O5S/c1-19-12-13-20(2)24(16-19)32-15-14-26-25(28)18-27(21-8-7-9-22(17-21)31-3)33(29,30)23-10-5-4-6-11-23/h4-13,16-17H,14-15,18H2,1-3H3,(H,26,28). The number of hydrogen-bond donors (Lipinski definition) is 1. The maximum atomic E-state index is 13.3. The molecular formula is C25H28N2O5S. The van der Waals surface area contributed by atoms with E-state index >= 15 is 0 Å². The number of carbonyl (C=O) groups is 1. The van der Waals surface area contributed by atoms with Crippen LogP contribution in [0.25, 0.3) is 0 Å². The number of hydrogen-bond acceptors (Lipinski definition) is 5. The predicted octanol–water partition coefficient (Wildman–Crippen LogP) is 3.70. The molecule has 1 amide bonds. The van der Waals surface area contributed by atoms with Crippen LogP contribution in [-0.2, 0) is 14.8 Å². The van der Waals surface area contributed by atoms with E-state index in [4.69, 9.17) is 9.47 Å². The van der Waals surface area contributed by atoms with Crippen LogP contribution in [0.1, 0.15) is 11.1 Å². The smallest absolute Gasteiger partial charge is 0.264 e. The molecule has 3 rings (SSSR count). The van der Waals surface area contributed by atoms with Gasteiger partial charge in [-0.25, -0.2) is 8.42 Å². The van der Waals surface area contributed by atoms with Crippen LogP contribution in [0.15, 0.2) is 77.7 Å². The molecule has 0 aromatic heterocycles. The molecule has 0 heterocycles. The van der Waals surface area contributed by atoms with Crippen molar-refractivity contribution in [3.05, 3.63) is 83.9 Å². The Balaban J connectivity index is 1.71. The lowest BCUT2D eigenvalue weighted by molar-refractivity contribution is -0.119. The van der Waals surface area contributed by atoms with Crippen molar-refractivity contribution in [1.82, 2.24) is 5.32 Å². The Morgan fingerprint density at radius 2 is 1.73 bits per heavy atom. The summed E-state index contributed by atoms with van der Waals surface area (Å²) in [4.78, 5) is 12.8. The van der Waals surface area contributed by atoms with Crippen molar-refractivity contribution >= 4 is 21.6 Å². The van der Waals surface area contributed by atoms with Gasteiger partial charge in [-0.3, -0.25) is 9.10 Å². The Bertz CT molecular complexity index is 1200. The molecule has 3 aromatic carbocycles. The van der Waals surface area contributed by atoms with E-state index in [1.54, 1.807) is 42.5 Å². The first-order valence-corrected chi connectivity index (χ1v) is 11.9. The monoisotopic (exact) mass is 468 g/mol. The minimum Gasteiger partial charge on any atom is -0.497 e. The van der Waals surface area contributed by atoms with Crippen LogP contribution in [-0.4, -0.2) is 41.1 Å². The third kappa shape index (κ3) is 6.26. The molecule has 0 bridgehead atoms. The molecule has 7 nitrogen and oxygen atoms in total. The maximum absolute atomic E-state index is 13.3. The second-order valence-electron chi connectivity index (χ2n) is 7.49. The van der Waals surface area contributed by atoms with Gasteiger partial charge < -0.3 is 14.8 Å². The van der Waals surface area contributed by atoms with Gasteiger partial charge in [-0.1, -0.05) is 36.4 Å². The molecular weight excluding hydrogens is 440 g/mol. The van der Waals surface area contributed by atoms with Gasteiger partial charge in [0, 0.05) is 6.07 Å². The second-order valence-corrected chi connectivity index (χ2v) is 9.36. The van der Waals surface area contributed by atoms with Crippen molar-refractivity contribution in [2.24, 2.45) is 0 Å². The van der Waals surface area contributed by atoms with E-state index in [0.29, 0.717) is 11.4 Å². The summed E-state index contributed by atoms with van der Waals surface area (Å²) < 4.78 is 38.7. The Labute approximate surface area is 195 Å². The number of benzene rings is 3. The summed E-state index contributed by atoms with van der Waals surface area (Å²) in [5.74, 6) is 0.805. The van der Waals surface area contributed by atoms with Crippen molar-refractivity contribution in [3.63, 3.8) is 0 Å². The van der Waals surface area contributed by atoms with Crippen LogP contribution in [0.3, 0.4) is 0 Å². The van der Waals surface area contributed by atoms with E-state index in [0.717, 1.165) is 21.2 Å². The van der Waals surface area contributed by atoms with Gasteiger partial charge in [-0.05, 0) is 55.3 Å². The molecule has 0 spiro atoms. The van der Waals surface area contributed by atoms with Crippen LogP contribution < -0.4 is 19.1 Å². The maximum Gasteiger partial charge on any atom is 0.264 e. The number of sulfonamides is 1. The fourth-order valence-electron chi connectivity index (χ4n) is 3.20. The van der Waals surface area contributed by atoms with Gasteiger partial charge in [0.15, 0.2) is 0 Å². The molecule has 0 aliphatic rings. The fourth-order valence-corrected chi connectivity index (χ4v) is 4.63. The Kier molecular flexibility index (Phi) is 7.95. The van der Waals surface area contributed by atoms with Crippen molar-refractivity contribution in [3.8, 4) is 11.5 Å². The van der Waals surface area contributed by atoms with E-state index in [1.807, 2.05) is 32.0 Å². The molecule has 1 N–H and O–H groups in total. The number of amides is 1. The molecule has 0 aliphatic carbocycles. The molecule has 0 atom stereocenters. The summed E-state index contributed by atoms with van der Waals surface area (Å²) in [6.45, 7) is 4.06. The number of methoxy groups -OCH3 is 1. The largest absolute Gasteiger partial charge is 0.497 e. The first-order chi connectivity index (χ1) is 15.8. The molecule has 3 aromatic rings. The summed E-state index contributed by atoms with van der Waals surface area (Å²) in [5, 5.41) is 2.74. The zero-order valence-corrected chi connectivity index (χ0v) is 19.8. The van der Waals surface area contributed by atoms with E-state index in [2.05, 4.69) is 5.32 Å². The van der Waals surface area contributed by atoms with Gasteiger partial charge in [-0.15, -0.1) is 0 Å². The highest BCUT2D eigenvalue weighted by atomic mass is 32.2. The molecule has 8 heteroatoms. The third-order valence-electron chi connectivity index (χ3n) is 4.99. The zero-order valence-electron chi connectivity index (χ0n) is 18.9. The first kappa shape index (κ1) is 24.1. The van der Waals surface area contributed by atoms with Gasteiger partial charge >= 0.3 is 0 Å². The minimum absolute atomic E-state index is 0.0962. The zero-order chi connectivity index (χ0) is 23.8. The number of anilines is 1. The fraction of sp³-hybridized carbons (Fsp3) is 0.240. The number of rotatable bonds is 10.